The van der Waals surface area contributed by atoms with Crippen molar-refractivity contribution in [1.29, 1.82) is 0 Å². The van der Waals surface area contributed by atoms with Crippen LogP contribution < -0.4 is 0 Å². The predicted molar refractivity (Wildman–Crippen MR) is 70.9 cm³/mol. The second-order valence-corrected chi connectivity index (χ2v) is 5.11. The predicted octanol–water partition coefficient (Wildman–Crippen LogP) is 2.77. The van der Waals surface area contributed by atoms with Gasteiger partial charge in [-0.25, -0.2) is 0 Å². The number of aliphatic hydroxyl groups is 1. The molecule has 0 saturated carbocycles. The van der Waals surface area contributed by atoms with Gasteiger partial charge in [0.15, 0.2) is 0 Å². The number of unbranched alkanes of at least 4 members (excludes halogenated alkanes) is 1. The zero-order valence-corrected chi connectivity index (χ0v) is 10.9. The van der Waals surface area contributed by atoms with E-state index in [0.29, 0.717) is 0 Å². The van der Waals surface area contributed by atoms with Crippen molar-refractivity contribution < 1.29 is 5.11 Å². The molecule has 1 aliphatic rings. The highest BCUT2D eigenvalue weighted by molar-refractivity contribution is 5.25. The Labute approximate surface area is 104 Å². The van der Waals surface area contributed by atoms with Gasteiger partial charge in [0.05, 0.1) is 0 Å². The van der Waals surface area contributed by atoms with E-state index in [9.17, 15) is 5.11 Å². The minimum Gasteiger partial charge on any atom is -0.383 e. The van der Waals surface area contributed by atoms with Crippen molar-refractivity contribution in [3.63, 3.8) is 0 Å². The van der Waals surface area contributed by atoms with Crippen molar-refractivity contribution in [1.82, 2.24) is 4.90 Å². The van der Waals surface area contributed by atoms with Crippen LogP contribution in [0.25, 0.3) is 0 Å². The molecule has 17 heavy (non-hydrogen) atoms. The first-order valence-electron chi connectivity index (χ1n) is 6.70. The van der Waals surface area contributed by atoms with Crippen LogP contribution in [0.2, 0.25) is 0 Å². The molecule has 0 unspecified atom stereocenters. The SMILES string of the molecule is CCCCN1CC[C@](O)(c2ccccc2)[C@H]1C. The van der Waals surface area contributed by atoms with Gasteiger partial charge in [-0.1, -0.05) is 43.7 Å². The summed E-state index contributed by atoms with van der Waals surface area (Å²) in [6, 6.07) is 10.3. The number of likely N-dealkylation sites (tertiary alicyclic amines) is 1. The van der Waals surface area contributed by atoms with Crippen molar-refractivity contribution in [2.24, 2.45) is 0 Å². The zero-order valence-electron chi connectivity index (χ0n) is 10.9. The van der Waals surface area contributed by atoms with Crippen molar-refractivity contribution in [3.05, 3.63) is 35.9 Å². The highest BCUT2D eigenvalue weighted by Crippen LogP contribution is 2.37. The van der Waals surface area contributed by atoms with Crippen molar-refractivity contribution >= 4 is 0 Å². The summed E-state index contributed by atoms with van der Waals surface area (Å²) in [5, 5.41) is 10.9. The molecule has 1 aliphatic heterocycles. The van der Waals surface area contributed by atoms with Crippen LogP contribution in [-0.4, -0.2) is 29.1 Å². The molecule has 0 bridgehead atoms. The fourth-order valence-corrected chi connectivity index (χ4v) is 2.80. The lowest BCUT2D eigenvalue weighted by Crippen LogP contribution is -2.40. The largest absolute Gasteiger partial charge is 0.383 e. The third-order valence-electron chi connectivity index (χ3n) is 4.09. The van der Waals surface area contributed by atoms with Gasteiger partial charge in [0.2, 0.25) is 0 Å². The van der Waals surface area contributed by atoms with Gasteiger partial charge in [0.25, 0.3) is 0 Å². The maximum Gasteiger partial charge on any atom is 0.106 e. The van der Waals surface area contributed by atoms with E-state index in [2.05, 4.69) is 18.7 Å². The zero-order chi connectivity index (χ0) is 12.3. The van der Waals surface area contributed by atoms with Gasteiger partial charge in [-0.05, 0) is 31.9 Å². The first-order chi connectivity index (χ1) is 8.18. The van der Waals surface area contributed by atoms with Crippen molar-refractivity contribution in [2.75, 3.05) is 13.1 Å². The number of nitrogens with zero attached hydrogens (tertiary/aromatic N) is 1. The van der Waals surface area contributed by atoms with Gasteiger partial charge in [-0.15, -0.1) is 0 Å². The lowest BCUT2D eigenvalue weighted by atomic mass is 9.87. The Morgan fingerprint density at radius 1 is 1.35 bits per heavy atom. The average Bonchev–Trinajstić information content (AvgIpc) is 2.66. The molecule has 1 N–H and O–H groups in total. The molecule has 0 aromatic heterocycles. The summed E-state index contributed by atoms with van der Waals surface area (Å²) < 4.78 is 0. The first-order valence-corrected chi connectivity index (χ1v) is 6.70. The maximum atomic E-state index is 10.9. The van der Waals surface area contributed by atoms with Crippen LogP contribution in [0.1, 0.15) is 38.7 Å². The van der Waals surface area contributed by atoms with Crippen LogP contribution >= 0.6 is 0 Å². The van der Waals surface area contributed by atoms with E-state index in [1.54, 1.807) is 0 Å². The summed E-state index contributed by atoms with van der Waals surface area (Å²) in [6.45, 7) is 6.47. The van der Waals surface area contributed by atoms with Gasteiger partial charge in [-0.2, -0.15) is 0 Å². The highest BCUT2D eigenvalue weighted by Gasteiger charge is 2.43. The fraction of sp³-hybridized carbons (Fsp3) is 0.600. The summed E-state index contributed by atoms with van der Waals surface area (Å²) in [4.78, 5) is 2.41. The maximum absolute atomic E-state index is 10.9. The molecule has 0 amide bonds. The van der Waals surface area contributed by atoms with Crippen LogP contribution in [0.4, 0.5) is 0 Å². The highest BCUT2D eigenvalue weighted by atomic mass is 16.3. The van der Waals surface area contributed by atoms with E-state index in [1.165, 1.54) is 12.8 Å². The summed E-state index contributed by atoms with van der Waals surface area (Å²) in [7, 11) is 0. The Hall–Kier alpha value is -0.860. The molecular formula is C15H23NO. The molecular weight excluding hydrogens is 210 g/mol. The van der Waals surface area contributed by atoms with Gasteiger partial charge in [-0.3, -0.25) is 4.90 Å². The van der Waals surface area contributed by atoms with E-state index in [-0.39, 0.29) is 6.04 Å². The topological polar surface area (TPSA) is 23.5 Å². The molecule has 1 aromatic rings. The van der Waals surface area contributed by atoms with E-state index in [4.69, 9.17) is 0 Å². The van der Waals surface area contributed by atoms with Gasteiger partial charge >= 0.3 is 0 Å². The van der Waals surface area contributed by atoms with Crippen LogP contribution in [0, 0.1) is 0 Å². The summed E-state index contributed by atoms with van der Waals surface area (Å²) in [5.41, 5.74) is 0.404. The van der Waals surface area contributed by atoms with Gasteiger partial charge in [0.1, 0.15) is 5.60 Å². The molecule has 1 fully saturated rings. The van der Waals surface area contributed by atoms with Crippen LogP contribution in [0.15, 0.2) is 30.3 Å². The van der Waals surface area contributed by atoms with Crippen LogP contribution in [-0.2, 0) is 5.60 Å². The van der Waals surface area contributed by atoms with E-state index < -0.39 is 5.60 Å². The van der Waals surface area contributed by atoms with Gasteiger partial charge < -0.3 is 5.11 Å². The third kappa shape index (κ3) is 2.38. The Balaban J connectivity index is 2.12. The van der Waals surface area contributed by atoms with Crippen molar-refractivity contribution in [2.45, 2.75) is 44.8 Å². The summed E-state index contributed by atoms with van der Waals surface area (Å²) in [5.74, 6) is 0. The molecule has 2 atom stereocenters. The number of hydrogen-bond acceptors (Lipinski definition) is 2. The molecule has 94 valence electrons. The van der Waals surface area contributed by atoms with E-state index in [1.807, 2.05) is 30.3 Å². The number of hydrogen-bond donors (Lipinski definition) is 1. The Bertz CT molecular complexity index is 351. The third-order valence-corrected chi connectivity index (χ3v) is 4.09. The Morgan fingerprint density at radius 2 is 2.06 bits per heavy atom. The molecule has 2 nitrogen and oxygen atoms in total. The monoisotopic (exact) mass is 233 g/mol. The average molecular weight is 233 g/mol. The minimum absolute atomic E-state index is 0.219. The molecule has 0 aliphatic carbocycles. The Morgan fingerprint density at radius 3 is 2.71 bits per heavy atom. The molecule has 1 heterocycles. The number of rotatable bonds is 4. The van der Waals surface area contributed by atoms with Crippen LogP contribution in [0.3, 0.4) is 0 Å². The fourth-order valence-electron chi connectivity index (χ4n) is 2.80. The number of benzene rings is 1. The molecule has 2 heteroatoms. The quantitative estimate of drug-likeness (QED) is 0.864. The molecule has 2 rings (SSSR count). The van der Waals surface area contributed by atoms with E-state index >= 15 is 0 Å². The molecule has 1 saturated heterocycles. The summed E-state index contributed by atoms with van der Waals surface area (Å²) in [6.07, 6.45) is 3.28. The smallest absolute Gasteiger partial charge is 0.106 e. The lowest BCUT2D eigenvalue weighted by Gasteiger charge is -2.31. The molecule has 0 radical (unpaired) electrons. The molecule has 0 spiro atoms. The lowest BCUT2D eigenvalue weighted by molar-refractivity contribution is 0.00607. The second kappa shape index (κ2) is 5.19. The second-order valence-electron chi connectivity index (χ2n) is 5.11. The first kappa shape index (κ1) is 12.6. The standard InChI is InChI=1S/C15H23NO/c1-3-4-11-16-12-10-15(17,13(16)2)14-8-6-5-7-9-14/h5-9,13,17H,3-4,10-12H2,1-2H3/t13-,15-/m1/s1. The molecule has 1 aromatic carbocycles. The normalized spacial score (nSPS) is 29.7. The van der Waals surface area contributed by atoms with Gasteiger partial charge in [0, 0.05) is 12.6 Å². The van der Waals surface area contributed by atoms with Crippen LogP contribution in [0.5, 0.6) is 0 Å². The van der Waals surface area contributed by atoms with E-state index in [0.717, 1.165) is 25.1 Å². The minimum atomic E-state index is -0.658. The Kier molecular flexibility index (Phi) is 3.85. The van der Waals surface area contributed by atoms with Crippen molar-refractivity contribution in [3.8, 4) is 0 Å². The summed E-state index contributed by atoms with van der Waals surface area (Å²) >= 11 is 0.